The highest BCUT2D eigenvalue weighted by molar-refractivity contribution is 7.92. The molecule has 3 unspecified atom stereocenters. The minimum atomic E-state index is -3.40. The molecule has 4 aromatic rings. The van der Waals surface area contributed by atoms with E-state index in [1.165, 1.54) is 0 Å². The average molecular weight is 572 g/mol. The molecule has 208 valence electrons. The lowest BCUT2D eigenvalue weighted by Gasteiger charge is -2.32. The first kappa shape index (κ1) is 25.2. The number of fused-ring (bicyclic) bond motifs is 3. The van der Waals surface area contributed by atoms with Crippen LogP contribution in [0.3, 0.4) is 0 Å². The number of likely N-dealkylation sites (tertiary alicyclic amines) is 1. The first-order valence-electron chi connectivity index (χ1n) is 13.0. The number of amides is 1. The number of carbonyl (C=O) groups excluding carboxylic acids is 2. The van der Waals surface area contributed by atoms with Crippen molar-refractivity contribution in [1.82, 2.24) is 4.90 Å². The third kappa shape index (κ3) is 4.48. The Morgan fingerprint density at radius 2 is 1.76 bits per heavy atom. The number of nitrogens with zero attached hydrogens (tertiary/aromatic N) is 1. The van der Waals surface area contributed by atoms with E-state index in [-0.39, 0.29) is 36.8 Å². The van der Waals surface area contributed by atoms with Crippen LogP contribution in [0.1, 0.15) is 32.5 Å². The van der Waals surface area contributed by atoms with Crippen molar-refractivity contribution >= 4 is 33.1 Å². The normalized spacial score (nSPS) is 20.8. The zero-order chi connectivity index (χ0) is 28.3. The van der Waals surface area contributed by atoms with Crippen LogP contribution in [-0.2, 0) is 10.0 Å². The molecule has 1 saturated heterocycles. The number of ketones is 1. The van der Waals surface area contributed by atoms with Gasteiger partial charge in [-0.2, -0.15) is 0 Å². The van der Waals surface area contributed by atoms with E-state index in [9.17, 15) is 18.0 Å². The number of Topliss-reactive ketones (excluding diaryl/α,β-unsaturated/α-hetero) is 1. The standard InChI is InChI=1S/C30H25N3O7S/c1-41(36,37)32-19-9-6-17(7-10-19)23-12-13-25(40-23)30(35)33-15-21-27(31-22-5-3-2-4-20(22)29(21)34)28(33)18-8-11-24-26(14-18)39-16-38-24/h2-14,21,27-28,31-32H,15-16H2,1H3. The Morgan fingerprint density at radius 3 is 2.56 bits per heavy atom. The predicted molar refractivity (Wildman–Crippen MR) is 151 cm³/mol. The maximum atomic E-state index is 14.0. The minimum absolute atomic E-state index is 0.00619. The van der Waals surface area contributed by atoms with E-state index in [1.807, 2.05) is 36.4 Å². The molecular formula is C30H25N3O7S. The largest absolute Gasteiger partial charge is 0.454 e. The smallest absolute Gasteiger partial charge is 0.290 e. The van der Waals surface area contributed by atoms with Crippen LogP contribution in [0.5, 0.6) is 11.5 Å². The summed E-state index contributed by atoms with van der Waals surface area (Å²) < 4.78 is 42.5. The molecule has 0 saturated carbocycles. The summed E-state index contributed by atoms with van der Waals surface area (Å²) >= 11 is 0. The van der Waals surface area contributed by atoms with Crippen LogP contribution in [0.15, 0.2) is 83.3 Å². The lowest BCUT2D eigenvalue weighted by Crippen LogP contribution is -2.40. The van der Waals surface area contributed by atoms with Crippen molar-refractivity contribution in [1.29, 1.82) is 0 Å². The van der Waals surface area contributed by atoms with E-state index in [4.69, 9.17) is 13.9 Å². The van der Waals surface area contributed by atoms with Gasteiger partial charge in [0.2, 0.25) is 16.8 Å². The Kier molecular flexibility index (Phi) is 5.79. The molecule has 41 heavy (non-hydrogen) atoms. The molecule has 0 radical (unpaired) electrons. The number of furan rings is 1. The fourth-order valence-electron chi connectivity index (χ4n) is 5.84. The zero-order valence-electron chi connectivity index (χ0n) is 21.9. The molecule has 7 rings (SSSR count). The number of hydrogen-bond donors (Lipinski definition) is 2. The fraction of sp³-hybridized carbons (Fsp3) is 0.200. The van der Waals surface area contributed by atoms with Crippen LogP contribution in [0.2, 0.25) is 0 Å². The van der Waals surface area contributed by atoms with Gasteiger partial charge in [0.25, 0.3) is 5.91 Å². The highest BCUT2D eigenvalue weighted by Gasteiger charge is 2.51. The summed E-state index contributed by atoms with van der Waals surface area (Å²) in [4.78, 5) is 29.3. The van der Waals surface area contributed by atoms with Gasteiger partial charge in [-0.3, -0.25) is 14.3 Å². The van der Waals surface area contributed by atoms with Gasteiger partial charge in [-0.25, -0.2) is 8.42 Å². The molecule has 1 amide bonds. The van der Waals surface area contributed by atoms with Gasteiger partial charge in [0, 0.05) is 29.0 Å². The predicted octanol–water partition coefficient (Wildman–Crippen LogP) is 4.54. The van der Waals surface area contributed by atoms with Crippen LogP contribution in [0.25, 0.3) is 11.3 Å². The molecule has 3 aliphatic rings. The van der Waals surface area contributed by atoms with Gasteiger partial charge >= 0.3 is 0 Å². The number of benzene rings is 3. The molecular weight excluding hydrogens is 546 g/mol. The van der Waals surface area contributed by atoms with Gasteiger partial charge in [0.05, 0.1) is 24.3 Å². The lowest BCUT2D eigenvalue weighted by atomic mass is 9.84. The molecule has 11 heteroatoms. The molecule has 0 aliphatic carbocycles. The maximum Gasteiger partial charge on any atom is 0.290 e. The number of anilines is 2. The summed E-state index contributed by atoms with van der Waals surface area (Å²) in [5.74, 6) is 1.01. The van der Waals surface area contributed by atoms with Crippen molar-refractivity contribution in [3.63, 3.8) is 0 Å². The third-order valence-corrected chi connectivity index (χ3v) is 8.25. The fourth-order valence-corrected chi connectivity index (χ4v) is 6.41. The van der Waals surface area contributed by atoms with Crippen LogP contribution in [-0.4, -0.2) is 50.6 Å². The number of ether oxygens (including phenoxy) is 2. The lowest BCUT2D eigenvalue weighted by molar-refractivity contribution is 0.0696. The average Bonchev–Trinajstić information content (AvgIpc) is 3.71. The molecule has 3 aliphatic heterocycles. The molecule has 2 N–H and O–H groups in total. The van der Waals surface area contributed by atoms with Crippen molar-refractivity contribution in [3.05, 3.63) is 95.7 Å². The third-order valence-electron chi connectivity index (χ3n) is 7.64. The van der Waals surface area contributed by atoms with Crippen molar-refractivity contribution in [2.75, 3.05) is 29.6 Å². The summed E-state index contributed by atoms with van der Waals surface area (Å²) in [6.45, 7) is 0.341. The van der Waals surface area contributed by atoms with E-state index in [0.717, 1.165) is 17.5 Å². The monoisotopic (exact) mass is 571 g/mol. The Bertz CT molecular complexity index is 1800. The summed E-state index contributed by atoms with van der Waals surface area (Å²) in [5.41, 5.74) is 3.27. The molecule has 0 spiro atoms. The number of nitrogens with one attached hydrogen (secondary N) is 2. The Hall–Kier alpha value is -4.77. The Labute approximate surface area is 235 Å². The molecule has 1 aromatic heterocycles. The Morgan fingerprint density at radius 1 is 0.976 bits per heavy atom. The maximum absolute atomic E-state index is 14.0. The number of para-hydroxylation sites is 1. The molecule has 3 atom stereocenters. The van der Waals surface area contributed by atoms with Crippen LogP contribution < -0.4 is 19.5 Å². The highest BCUT2D eigenvalue weighted by Crippen LogP contribution is 2.46. The summed E-state index contributed by atoms with van der Waals surface area (Å²) in [7, 11) is -3.40. The van der Waals surface area contributed by atoms with Crippen molar-refractivity contribution < 1.29 is 31.9 Å². The molecule has 4 heterocycles. The number of rotatable bonds is 5. The van der Waals surface area contributed by atoms with Crippen molar-refractivity contribution in [2.45, 2.75) is 12.1 Å². The van der Waals surface area contributed by atoms with E-state index >= 15 is 0 Å². The quantitative estimate of drug-likeness (QED) is 0.358. The van der Waals surface area contributed by atoms with E-state index in [2.05, 4.69) is 10.0 Å². The van der Waals surface area contributed by atoms with E-state index in [1.54, 1.807) is 47.4 Å². The minimum Gasteiger partial charge on any atom is -0.454 e. The van der Waals surface area contributed by atoms with Gasteiger partial charge in [0.1, 0.15) is 5.76 Å². The second kappa shape index (κ2) is 9.41. The molecule has 3 aromatic carbocycles. The SMILES string of the molecule is CS(=O)(=O)Nc1ccc(-c2ccc(C(=O)N3CC4C(=O)c5ccccc5NC4C3c3ccc4c(c3)OCO4)o2)cc1. The van der Waals surface area contributed by atoms with Crippen LogP contribution in [0, 0.1) is 5.92 Å². The van der Waals surface area contributed by atoms with E-state index in [0.29, 0.717) is 34.1 Å². The second-order valence-electron chi connectivity index (χ2n) is 10.3. The van der Waals surface area contributed by atoms with Crippen LogP contribution in [0.4, 0.5) is 11.4 Å². The van der Waals surface area contributed by atoms with Gasteiger partial charge in [0.15, 0.2) is 23.0 Å². The van der Waals surface area contributed by atoms with Gasteiger partial charge < -0.3 is 24.1 Å². The second-order valence-corrected chi connectivity index (χ2v) is 12.1. The van der Waals surface area contributed by atoms with E-state index < -0.39 is 22.0 Å². The van der Waals surface area contributed by atoms with Crippen molar-refractivity contribution in [2.24, 2.45) is 5.92 Å². The number of hydrogen-bond acceptors (Lipinski definition) is 8. The molecule has 0 bridgehead atoms. The number of sulfonamides is 1. The Balaban J connectivity index is 1.22. The van der Waals surface area contributed by atoms with Crippen LogP contribution >= 0.6 is 0 Å². The summed E-state index contributed by atoms with van der Waals surface area (Å²) in [5, 5.41) is 3.53. The first-order valence-corrected chi connectivity index (χ1v) is 14.9. The van der Waals surface area contributed by atoms with Gasteiger partial charge in [-0.15, -0.1) is 0 Å². The summed E-state index contributed by atoms with van der Waals surface area (Å²) in [6, 6.07) is 22.1. The first-order chi connectivity index (χ1) is 19.7. The molecule has 10 nitrogen and oxygen atoms in total. The molecule has 1 fully saturated rings. The van der Waals surface area contributed by atoms with Gasteiger partial charge in [-0.05, 0) is 66.2 Å². The zero-order valence-corrected chi connectivity index (χ0v) is 22.7. The summed E-state index contributed by atoms with van der Waals surface area (Å²) in [6.07, 6.45) is 1.08. The number of carbonyl (C=O) groups is 2. The van der Waals surface area contributed by atoms with Gasteiger partial charge in [-0.1, -0.05) is 18.2 Å². The highest BCUT2D eigenvalue weighted by atomic mass is 32.2. The topological polar surface area (TPSA) is 127 Å². The van der Waals surface area contributed by atoms with Crippen molar-refractivity contribution in [3.8, 4) is 22.8 Å².